The lowest BCUT2D eigenvalue weighted by atomic mass is 9.74. The topological polar surface area (TPSA) is 9.23 Å². The maximum Gasteiger partial charge on any atom is 0.0924 e. The molecule has 0 saturated heterocycles. The zero-order valence-electron chi connectivity index (χ0n) is 15.9. The number of methoxy groups -OCH3 is 1. The van der Waals surface area contributed by atoms with E-state index in [0.717, 1.165) is 17.9 Å². The van der Waals surface area contributed by atoms with Crippen molar-refractivity contribution in [1.29, 1.82) is 0 Å². The van der Waals surface area contributed by atoms with Crippen LogP contribution in [0.15, 0.2) is 89.1 Å². The fourth-order valence-corrected chi connectivity index (χ4v) is 5.05. The highest BCUT2D eigenvalue weighted by molar-refractivity contribution is 7.99. The lowest BCUT2D eigenvalue weighted by Gasteiger charge is -2.30. The van der Waals surface area contributed by atoms with Gasteiger partial charge in [0.2, 0.25) is 0 Å². The molecule has 1 aliphatic carbocycles. The second-order valence-corrected chi connectivity index (χ2v) is 7.96. The fourth-order valence-electron chi connectivity index (χ4n) is 3.78. The van der Waals surface area contributed by atoms with E-state index >= 15 is 0 Å². The zero-order valence-corrected chi connectivity index (χ0v) is 16.7. The van der Waals surface area contributed by atoms with Gasteiger partial charge in [-0.05, 0) is 61.3 Å². The molecule has 1 nitrogen and oxygen atoms in total. The van der Waals surface area contributed by atoms with Crippen LogP contribution in [0.5, 0.6) is 0 Å². The first-order valence-corrected chi connectivity index (χ1v) is 10.3. The Bertz CT molecular complexity index is 766. The Labute approximate surface area is 162 Å². The minimum atomic E-state index is 0.492. The van der Waals surface area contributed by atoms with Gasteiger partial charge in [0.15, 0.2) is 0 Å². The quantitative estimate of drug-likeness (QED) is 0.426. The fraction of sp³-hybridized carbons (Fsp3) is 0.333. The minimum Gasteiger partial charge on any atom is -0.501 e. The van der Waals surface area contributed by atoms with E-state index in [9.17, 15) is 0 Å². The van der Waals surface area contributed by atoms with Crippen LogP contribution in [-0.2, 0) is 4.74 Å². The molecule has 0 amide bonds. The second kappa shape index (κ2) is 9.14. The van der Waals surface area contributed by atoms with Gasteiger partial charge in [-0.25, -0.2) is 0 Å². The minimum absolute atomic E-state index is 0.492. The first-order chi connectivity index (χ1) is 12.7. The highest BCUT2D eigenvalue weighted by Crippen LogP contribution is 2.46. The van der Waals surface area contributed by atoms with Gasteiger partial charge in [-0.3, -0.25) is 0 Å². The summed E-state index contributed by atoms with van der Waals surface area (Å²) in [5.74, 6) is 3.74. The Balaban J connectivity index is 1.98. The van der Waals surface area contributed by atoms with Crippen molar-refractivity contribution in [3.05, 3.63) is 89.8 Å². The average molecular weight is 365 g/mol. The van der Waals surface area contributed by atoms with Crippen LogP contribution in [0.3, 0.4) is 0 Å². The van der Waals surface area contributed by atoms with E-state index in [-0.39, 0.29) is 0 Å². The first-order valence-electron chi connectivity index (χ1n) is 9.33. The molecule has 1 aliphatic heterocycles. The Morgan fingerprint density at radius 1 is 1.19 bits per heavy atom. The molecule has 3 unspecified atom stereocenters. The summed E-state index contributed by atoms with van der Waals surface area (Å²) in [7, 11) is 1.72. The van der Waals surface area contributed by atoms with Crippen molar-refractivity contribution in [2.75, 3.05) is 12.9 Å². The summed E-state index contributed by atoms with van der Waals surface area (Å²) in [6, 6.07) is 8.96. The molecule has 1 aromatic carbocycles. The first kappa shape index (κ1) is 18.8. The maximum atomic E-state index is 5.30. The lowest BCUT2D eigenvalue weighted by molar-refractivity contribution is 0.293. The van der Waals surface area contributed by atoms with E-state index in [1.807, 2.05) is 18.7 Å². The summed E-state index contributed by atoms with van der Waals surface area (Å²) in [6.45, 7) is 4.08. The highest BCUT2D eigenvalue weighted by atomic mass is 32.2. The molecule has 0 spiro atoms. The van der Waals surface area contributed by atoms with E-state index in [1.165, 1.54) is 16.0 Å². The third-order valence-corrected chi connectivity index (χ3v) is 6.44. The summed E-state index contributed by atoms with van der Waals surface area (Å²) in [5, 5.41) is 0. The van der Waals surface area contributed by atoms with Crippen LogP contribution in [0, 0.1) is 11.8 Å². The number of benzene rings is 1. The molecule has 1 heterocycles. The molecular weight excluding hydrogens is 336 g/mol. The average Bonchev–Trinajstić information content (AvgIpc) is 2.83. The zero-order chi connectivity index (χ0) is 18.4. The molecule has 0 saturated carbocycles. The summed E-state index contributed by atoms with van der Waals surface area (Å²) >= 11 is 2.01. The van der Waals surface area contributed by atoms with E-state index in [0.29, 0.717) is 17.8 Å². The summed E-state index contributed by atoms with van der Waals surface area (Å²) in [6.07, 6.45) is 18.9. The molecule has 0 radical (unpaired) electrons. The molecule has 3 atom stereocenters. The molecule has 136 valence electrons. The number of ether oxygens (including phenoxy) is 1. The van der Waals surface area contributed by atoms with Crippen LogP contribution < -0.4 is 0 Å². The monoisotopic (exact) mass is 364 g/mol. The molecule has 2 aliphatic rings. The van der Waals surface area contributed by atoms with Crippen LogP contribution in [-0.4, -0.2) is 12.9 Å². The number of fused-ring (bicyclic) bond motifs is 2. The van der Waals surface area contributed by atoms with Gasteiger partial charge >= 0.3 is 0 Å². The van der Waals surface area contributed by atoms with Gasteiger partial charge in [0.05, 0.1) is 12.9 Å². The van der Waals surface area contributed by atoms with Gasteiger partial charge in [0.1, 0.15) is 0 Å². The van der Waals surface area contributed by atoms with Crippen LogP contribution >= 0.6 is 11.8 Å². The number of hydrogen-bond acceptors (Lipinski definition) is 2. The number of hydrogen-bond donors (Lipinski definition) is 0. The van der Waals surface area contributed by atoms with Gasteiger partial charge in [0.25, 0.3) is 0 Å². The van der Waals surface area contributed by atoms with Gasteiger partial charge in [0, 0.05) is 10.6 Å². The summed E-state index contributed by atoms with van der Waals surface area (Å²) in [4.78, 5) is 1.44. The van der Waals surface area contributed by atoms with Crippen molar-refractivity contribution >= 4 is 11.8 Å². The van der Waals surface area contributed by atoms with Crippen LogP contribution in [0.4, 0.5) is 0 Å². The molecule has 1 aromatic rings. The molecule has 0 bridgehead atoms. The number of allylic oxidation sites excluding steroid dienone is 10. The van der Waals surface area contributed by atoms with E-state index in [2.05, 4.69) is 79.8 Å². The smallest absolute Gasteiger partial charge is 0.0924 e. The molecule has 2 heteroatoms. The second-order valence-electron chi connectivity index (χ2n) is 6.89. The van der Waals surface area contributed by atoms with Crippen LogP contribution in [0.25, 0.3) is 0 Å². The predicted octanol–water partition coefficient (Wildman–Crippen LogP) is 6.68. The molecule has 0 N–H and O–H groups in total. The SMILES string of the molecule is C/C=C/C(=C\C=C(/C)OC)CC1c2ccccc2SCC2C=CC=CC21. The van der Waals surface area contributed by atoms with Crippen molar-refractivity contribution in [3.63, 3.8) is 0 Å². The Hall–Kier alpha value is -1.93. The maximum absolute atomic E-state index is 5.30. The van der Waals surface area contributed by atoms with E-state index in [4.69, 9.17) is 4.74 Å². The largest absolute Gasteiger partial charge is 0.501 e. The van der Waals surface area contributed by atoms with Gasteiger partial charge in [-0.2, -0.15) is 0 Å². The summed E-state index contributed by atoms with van der Waals surface area (Å²) < 4.78 is 5.30. The number of thioether (sulfide) groups is 1. The van der Waals surface area contributed by atoms with Gasteiger partial charge in [-0.15, -0.1) is 11.8 Å². The Morgan fingerprint density at radius 3 is 2.81 bits per heavy atom. The molecule has 0 fully saturated rings. The molecular formula is C24H28OS. The van der Waals surface area contributed by atoms with Crippen LogP contribution in [0.1, 0.15) is 31.7 Å². The van der Waals surface area contributed by atoms with E-state index < -0.39 is 0 Å². The lowest BCUT2D eigenvalue weighted by Crippen LogP contribution is -2.21. The van der Waals surface area contributed by atoms with Crippen molar-refractivity contribution in [2.45, 2.75) is 31.1 Å². The van der Waals surface area contributed by atoms with Crippen LogP contribution in [0.2, 0.25) is 0 Å². The Morgan fingerprint density at radius 2 is 2.00 bits per heavy atom. The third kappa shape index (κ3) is 4.42. The van der Waals surface area contributed by atoms with Crippen molar-refractivity contribution in [1.82, 2.24) is 0 Å². The molecule has 26 heavy (non-hydrogen) atoms. The van der Waals surface area contributed by atoms with Crippen molar-refractivity contribution in [3.8, 4) is 0 Å². The number of rotatable bonds is 5. The Kier molecular flexibility index (Phi) is 6.62. The van der Waals surface area contributed by atoms with Crippen molar-refractivity contribution < 1.29 is 4.74 Å². The van der Waals surface area contributed by atoms with Crippen molar-refractivity contribution in [2.24, 2.45) is 11.8 Å². The normalized spacial score (nSPS) is 25.7. The highest BCUT2D eigenvalue weighted by Gasteiger charge is 2.33. The molecule has 0 aromatic heterocycles. The molecule has 3 rings (SSSR count). The van der Waals surface area contributed by atoms with E-state index in [1.54, 1.807) is 7.11 Å². The third-order valence-electron chi connectivity index (χ3n) is 5.20. The standard InChI is InChI=1S/C24H28OS/c1-4-9-19(15-14-18(2)25-3)16-23-21-11-6-5-10-20(21)17-26-24-13-8-7-12-22(23)24/h4-15,20-21,23H,16-17H2,1-3H3/b9-4+,18-14+,19-15+. The summed E-state index contributed by atoms with van der Waals surface area (Å²) in [5.41, 5.74) is 2.84. The van der Waals surface area contributed by atoms with Gasteiger partial charge in [-0.1, -0.05) is 60.7 Å². The predicted molar refractivity (Wildman–Crippen MR) is 113 cm³/mol. The van der Waals surface area contributed by atoms with Gasteiger partial charge < -0.3 is 4.74 Å².